The van der Waals surface area contributed by atoms with Crippen molar-refractivity contribution in [2.24, 2.45) is 5.92 Å². The largest absolute Gasteiger partial charge is 0.269 e. The molecule has 0 atom stereocenters. The van der Waals surface area contributed by atoms with Gasteiger partial charge < -0.3 is 0 Å². The monoisotopic (exact) mass is 294 g/mol. The van der Waals surface area contributed by atoms with E-state index in [4.69, 9.17) is 0 Å². The molecule has 6 nitrogen and oxygen atoms in total. The van der Waals surface area contributed by atoms with E-state index in [2.05, 4.69) is 4.72 Å². The first-order valence-electron chi connectivity index (χ1n) is 5.07. The SMILES string of the molecule is CC(C)CNS(=O)(=O)c1ccc([N+](=O)[O-])cc1.Cl. The van der Waals surface area contributed by atoms with Crippen molar-refractivity contribution in [3.8, 4) is 0 Å². The van der Waals surface area contributed by atoms with Gasteiger partial charge >= 0.3 is 0 Å². The molecular weight excluding hydrogens is 280 g/mol. The predicted octanol–water partition coefficient (Wildman–Crippen LogP) is 1.95. The van der Waals surface area contributed by atoms with Gasteiger partial charge in [0.15, 0.2) is 0 Å². The van der Waals surface area contributed by atoms with Gasteiger partial charge in [0.05, 0.1) is 9.82 Å². The van der Waals surface area contributed by atoms with Crippen LogP contribution >= 0.6 is 12.4 Å². The second kappa shape index (κ2) is 6.67. The van der Waals surface area contributed by atoms with Gasteiger partial charge in [0.25, 0.3) is 5.69 Å². The Morgan fingerprint density at radius 3 is 2.17 bits per heavy atom. The Morgan fingerprint density at radius 2 is 1.78 bits per heavy atom. The van der Waals surface area contributed by atoms with E-state index in [1.165, 1.54) is 24.3 Å². The van der Waals surface area contributed by atoms with E-state index in [-0.39, 0.29) is 28.9 Å². The Morgan fingerprint density at radius 1 is 1.28 bits per heavy atom. The lowest BCUT2D eigenvalue weighted by Crippen LogP contribution is -2.27. The summed E-state index contributed by atoms with van der Waals surface area (Å²) in [5.74, 6) is 0.197. The molecule has 0 saturated carbocycles. The Labute approximate surface area is 112 Å². The number of sulfonamides is 1. The average molecular weight is 295 g/mol. The van der Waals surface area contributed by atoms with Crippen molar-refractivity contribution in [2.45, 2.75) is 18.7 Å². The fourth-order valence-corrected chi connectivity index (χ4v) is 2.32. The Balaban J connectivity index is 0.00000289. The number of rotatable bonds is 5. The minimum Gasteiger partial charge on any atom is -0.258 e. The van der Waals surface area contributed by atoms with Gasteiger partial charge in [-0.15, -0.1) is 12.4 Å². The normalized spacial score (nSPS) is 11.1. The molecule has 0 aromatic heterocycles. The van der Waals surface area contributed by atoms with Crippen LogP contribution in [0.25, 0.3) is 0 Å². The van der Waals surface area contributed by atoms with Crippen molar-refractivity contribution >= 4 is 28.1 Å². The number of nitrogens with zero attached hydrogens (tertiary/aromatic N) is 1. The summed E-state index contributed by atoms with van der Waals surface area (Å²) in [6.07, 6.45) is 0. The number of nitrogens with one attached hydrogen (secondary N) is 1. The number of benzene rings is 1. The van der Waals surface area contributed by atoms with Crippen LogP contribution in [0.3, 0.4) is 0 Å². The van der Waals surface area contributed by atoms with Crippen LogP contribution in [0.15, 0.2) is 29.2 Å². The summed E-state index contributed by atoms with van der Waals surface area (Å²) in [5, 5.41) is 10.4. The summed E-state index contributed by atoms with van der Waals surface area (Å²) in [7, 11) is -3.57. The zero-order chi connectivity index (χ0) is 13.1. The van der Waals surface area contributed by atoms with Crippen molar-refractivity contribution in [3.05, 3.63) is 34.4 Å². The molecule has 1 aromatic carbocycles. The Bertz CT molecular complexity index is 499. The maximum absolute atomic E-state index is 11.7. The molecule has 8 heteroatoms. The fourth-order valence-electron chi connectivity index (χ4n) is 1.11. The lowest BCUT2D eigenvalue weighted by atomic mass is 10.2. The summed E-state index contributed by atoms with van der Waals surface area (Å²) in [6, 6.07) is 4.79. The van der Waals surface area contributed by atoms with Gasteiger partial charge in [-0.1, -0.05) is 13.8 Å². The van der Waals surface area contributed by atoms with Crippen LogP contribution in [-0.4, -0.2) is 19.9 Å². The Kier molecular flexibility index (Phi) is 6.23. The van der Waals surface area contributed by atoms with Gasteiger partial charge in [0, 0.05) is 18.7 Å². The molecule has 0 aliphatic heterocycles. The third-order valence-electron chi connectivity index (χ3n) is 2.04. The van der Waals surface area contributed by atoms with Crippen LogP contribution in [0.1, 0.15) is 13.8 Å². The molecule has 1 rings (SSSR count). The molecule has 0 amide bonds. The van der Waals surface area contributed by atoms with E-state index >= 15 is 0 Å². The minimum absolute atomic E-state index is 0. The first-order chi connectivity index (χ1) is 7.83. The van der Waals surface area contributed by atoms with E-state index in [1.54, 1.807) is 0 Å². The highest BCUT2D eigenvalue weighted by atomic mass is 35.5. The zero-order valence-corrected chi connectivity index (χ0v) is 11.6. The fraction of sp³-hybridized carbons (Fsp3) is 0.400. The first kappa shape index (κ1) is 16.8. The smallest absolute Gasteiger partial charge is 0.258 e. The maximum Gasteiger partial charge on any atom is 0.269 e. The molecular formula is C10H15ClN2O4S. The third kappa shape index (κ3) is 4.59. The van der Waals surface area contributed by atoms with Crippen molar-refractivity contribution in [1.29, 1.82) is 0 Å². The van der Waals surface area contributed by atoms with Gasteiger partial charge in [-0.2, -0.15) is 0 Å². The summed E-state index contributed by atoms with van der Waals surface area (Å²) in [4.78, 5) is 9.88. The van der Waals surface area contributed by atoms with Gasteiger partial charge in [0.2, 0.25) is 10.0 Å². The molecule has 102 valence electrons. The van der Waals surface area contributed by atoms with Gasteiger partial charge in [-0.25, -0.2) is 13.1 Å². The summed E-state index contributed by atoms with van der Waals surface area (Å²) in [5.41, 5.74) is -0.132. The molecule has 0 bridgehead atoms. The molecule has 0 heterocycles. The summed E-state index contributed by atoms with van der Waals surface area (Å²) >= 11 is 0. The molecule has 0 fully saturated rings. The van der Waals surface area contributed by atoms with E-state index < -0.39 is 14.9 Å². The van der Waals surface area contributed by atoms with Crippen molar-refractivity contribution in [3.63, 3.8) is 0 Å². The summed E-state index contributed by atoms with van der Waals surface area (Å²) in [6.45, 7) is 4.11. The molecule has 1 aromatic rings. The molecule has 0 aliphatic rings. The number of hydrogen-bond acceptors (Lipinski definition) is 4. The topological polar surface area (TPSA) is 89.3 Å². The molecule has 18 heavy (non-hydrogen) atoms. The van der Waals surface area contributed by atoms with Gasteiger partial charge in [-0.05, 0) is 18.1 Å². The van der Waals surface area contributed by atoms with E-state index in [1.807, 2.05) is 13.8 Å². The lowest BCUT2D eigenvalue weighted by Gasteiger charge is -2.08. The van der Waals surface area contributed by atoms with E-state index in [0.717, 1.165) is 0 Å². The number of hydrogen-bond donors (Lipinski definition) is 1. The second-order valence-electron chi connectivity index (χ2n) is 4.00. The molecule has 0 radical (unpaired) electrons. The number of non-ortho nitro benzene ring substituents is 1. The Hall–Kier alpha value is -1.18. The van der Waals surface area contributed by atoms with Crippen molar-refractivity contribution in [2.75, 3.05) is 6.54 Å². The van der Waals surface area contributed by atoms with Crippen LogP contribution in [-0.2, 0) is 10.0 Å². The summed E-state index contributed by atoms with van der Waals surface area (Å²) < 4.78 is 25.9. The molecule has 0 aliphatic carbocycles. The van der Waals surface area contributed by atoms with Crippen LogP contribution < -0.4 is 4.72 Å². The standard InChI is InChI=1S/C10H14N2O4S.ClH/c1-8(2)7-11-17(15,16)10-5-3-9(4-6-10)12(13)14;/h3-6,8,11H,7H2,1-2H3;1H. The molecule has 0 spiro atoms. The maximum atomic E-state index is 11.7. The van der Waals surface area contributed by atoms with Crippen LogP contribution in [0.2, 0.25) is 0 Å². The van der Waals surface area contributed by atoms with Gasteiger partial charge in [-0.3, -0.25) is 10.1 Å². The van der Waals surface area contributed by atoms with Gasteiger partial charge in [0.1, 0.15) is 0 Å². The molecule has 0 unspecified atom stereocenters. The average Bonchev–Trinajstić information content (AvgIpc) is 2.27. The molecule has 0 saturated heterocycles. The minimum atomic E-state index is -3.57. The highest BCUT2D eigenvalue weighted by molar-refractivity contribution is 7.89. The lowest BCUT2D eigenvalue weighted by molar-refractivity contribution is -0.384. The third-order valence-corrected chi connectivity index (χ3v) is 3.48. The van der Waals surface area contributed by atoms with E-state index in [0.29, 0.717) is 6.54 Å². The molecule has 1 N–H and O–H groups in total. The van der Waals surface area contributed by atoms with E-state index in [9.17, 15) is 18.5 Å². The first-order valence-corrected chi connectivity index (χ1v) is 6.55. The zero-order valence-electron chi connectivity index (χ0n) is 9.99. The number of nitro benzene ring substituents is 1. The quantitative estimate of drug-likeness (QED) is 0.664. The predicted molar refractivity (Wildman–Crippen MR) is 70.4 cm³/mol. The van der Waals surface area contributed by atoms with Crippen molar-refractivity contribution in [1.82, 2.24) is 4.72 Å². The van der Waals surface area contributed by atoms with Crippen LogP contribution in [0, 0.1) is 16.0 Å². The van der Waals surface area contributed by atoms with Crippen LogP contribution in [0.5, 0.6) is 0 Å². The second-order valence-corrected chi connectivity index (χ2v) is 5.76. The highest BCUT2D eigenvalue weighted by Crippen LogP contribution is 2.15. The number of nitro groups is 1. The highest BCUT2D eigenvalue weighted by Gasteiger charge is 2.15. The number of halogens is 1. The van der Waals surface area contributed by atoms with Crippen LogP contribution in [0.4, 0.5) is 5.69 Å². The van der Waals surface area contributed by atoms with Crippen molar-refractivity contribution < 1.29 is 13.3 Å².